The Kier molecular flexibility index (Phi) is 2.82. The van der Waals surface area contributed by atoms with Crippen LogP contribution in [-0.4, -0.2) is 9.38 Å². The Labute approximate surface area is 98.5 Å². The number of aromatic nitrogens is 2. The van der Waals surface area contributed by atoms with Crippen molar-refractivity contribution in [1.82, 2.24) is 9.38 Å². The summed E-state index contributed by atoms with van der Waals surface area (Å²) in [6.07, 6.45) is -2.27. The molecule has 0 saturated heterocycles. The van der Waals surface area contributed by atoms with Gasteiger partial charge in [-0.25, -0.2) is 4.98 Å². The Morgan fingerprint density at radius 1 is 1.41 bits per heavy atom. The largest absolute Gasteiger partial charge is 0.419 e. The van der Waals surface area contributed by atoms with Crippen molar-refractivity contribution >= 4 is 17.2 Å². The number of nitrogens with zero attached hydrogens (tertiary/aromatic N) is 2. The lowest BCUT2D eigenvalue weighted by molar-refractivity contribution is -0.136. The van der Waals surface area contributed by atoms with Crippen molar-refractivity contribution in [2.75, 3.05) is 0 Å². The van der Waals surface area contributed by atoms with Gasteiger partial charge in [0.05, 0.1) is 5.56 Å². The number of alkyl halides is 4. The van der Waals surface area contributed by atoms with Crippen molar-refractivity contribution in [3.8, 4) is 0 Å². The minimum absolute atomic E-state index is 0.111. The Morgan fingerprint density at radius 3 is 2.71 bits per heavy atom. The summed E-state index contributed by atoms with van der Waals surface area (Å²) < 4.78 is 39.1. The van der Waals surface area contributed by atoms with Crippen LogP contribution < -0.4 is 5.56 Å². The maximum Gasteiger partial charge on any atom is 0.419 e. The van der Waals surface area contributed by atoms with Crippen molar-refractivity contribution in [3.63, 3.8) is 0 Å². The molecule has 0 radical (unpaired) electrons. The second kappa shape index (κ2) is 4.03. The standard InChI is InChI=1S/C10H6ClF3N2O/c11-4-6-3-7(10(12,13)14)9-15-2-1-8(17)16(9)5-6/h1-3,5H,4H2. The van der Waals surface area contributed by atoms with Crippen molar-refractivity contribution in [2.45, 2.75) is 12.1 Å². The zero-order valence-corrected chi connectivity index (χ0v) is 9.09. The number of fused-ring (bicyclic) bond motifs is 1. The van der Waals surface area contributed by atoms with Crippen molar-refractivity contribution in [2.24, 2.45) is 0 Å². The SMILES string of the molecule is O=c1ccnc2c(C(F)(F)F)cc(CCl)cn12. The predicted molar refractivity (Wildman–Crippen MR) is 56.0 cm³/mol. The third kappa shape index (κ3) is 2.12. The van der Waals surface area contributed by atoms with Gasteiger partial charge in [0.25, 0.3) is 5.56 Å². The van der Waals surface area contributed by atoms with E-state index in [2.05, 4.69) is 4.98 Å². The van der Waals surface area contributed by atoms with Crippen molar-refractivity contribution in [1.29, 1.82) is 0 Å². The van der Waals surface area contributed by atoms with Crippen molar-refractivity contribution < 1.29 is 13.2 Å². The van der Waals surface area contributed by atoms with Gasteiger partial charge in [0.1, 0.15) is 0 Å². The predicted octanol–water partition coefficient (Wildman–Crippen LogP) is 2.45. The Balaban J connectivity index is 2.91. The van der Waals surface area contributed by atoms with Gasteiger partial charge >= 0.3 is 6.18 Å². The quantitative estimate of drug-likeness (QED) is 0.740. The lowest BCUT2D eigenvalue weighted by atomic mass is 10.2. The molecule has 2 heterocycles. The lowest BCUT2D eigenvalue weighted by Crippen LogP contribution is -2.18. The van der Waals surface area contributed by atoms with Gasteiger partial charge in [0, 0.05) is 24.3 Å². The number of hydrogen-bond acceptors (Lipinski definition) is 2. The van der Waals surface area contributed by atoms with E-state index >= 15 is 0 Å². The number of rotatable bonds is 1. The van der Waals surface area contributed by atoms with Gasteiger partial charge in [-0.1, -0.05) is 0 Å². The minimum Gasteiger partial charge on any atom is -0.269 e. The molecule has 17 heavy (non-hydrogen) atoms. The zero-order valence-electron chi connectivity index (χ0n) is 8.33. The summed E-state index contributed by atoms with van der Waals surface area (Å²) in [5.41, 5.74) is -1.75. The number of pyridine rings is 1. The van der Waals surface area contributed by atoms with Gasteiger partial charge in [-0.3, -0.25) is 9.20 Å². The summed E-state index contributed by atoms with van der Waals surface area (Å²) in [6, 6.07) is 1.99. The van der Waals surface area contributed by atoms with Gasteiger partial charge < -0.3 is 0 Å². The van der Waals surface area contributed by atoms with Gasteiger partial charge in [-0.05, 0) is 11.6 Å². The first kappa shape index (κ1) is 11.9. The number of halogens is 4. The Bertz CT molecular complexity index is 621. The zero-order chi connectivity index (χ0) is 12.6. The molecule has 0 saturated carbocycles. The van der Waals surface area contributed by atoms with E-state index in [0.29, 0.717) is 0 Å². The van der Waals surface area contributed by atoms with Crippen LogP contribution in [0.1, 0.15) is 11.1 Å². The van der Waals surface area contributed by atoms with Crippen LogP contribution in [0.5, 0.6) is 0 Å². The molecule has 0 N–H and O–H groups in total. The molecule has 0 unspecified atom stereocenters. The molecule has 90 valence electrons. The van der Waals surface area contributed by atoms with Gasteiger partial charge in [0.15, 0.2) is 5.65 Å². The average molecular weight is 263 g/mol. The van der Waals surface area contributed by atoms with E-state index < -0.39 is 22.9 Å². The third-order valence-electron chi connectivity index (χ3n) is 2.20. The molecule has 3 nitrogen and oxygen atoms in total. The van der Waals surface area contributed by atoms with E-state index in [1.165, 1.54) is 6.20 Å². The highest BCUT2D eigenvalue weighted by molar-refractivity contribution is 6.17. The molecule has 0 amide bonds. The fourth-order valence-corrected chi connectivity index (χ4v) is 1.62. The average Bonchev–Trinajstić information content (AvgIpc) is 2.27. The first-order valence-electron chi connectivity index (χ1n) is 4.57. The Morgan fingerprint density at radius 2 is 2.12 bits per heavy atom. The molecule has 7 heteroatoms. The molecule has 2 aromatic rings. The van der Waals surface area contributed by atoms with Crippen LogP contribution in [0.25, 0.3) is 5.65 Å². The molecule has 0 aliphatic carbocycles. The van der Waals surface area contributed by atoms with Crippen molar-refractivity contribution in [3.05, 3.63) is 46.0 Å². The topological polar surface area (TPSA) is 34.4 Å². The highest BCUT2D eigenvalue weighted by atomic mass is 35.5. The monoisotopic (exact) mass is 262 g/mol. The molecular weight excluding hydrogens is 257 g/mol. The van der Waals surface area contributed by atoms with E-state index in [1.807, 2.05) is 0 Å². The van der Waals surface area contributed by atoms with Crippen LogP contribution in [0.4, 0.5) is 13.2 Å². The van der Waals surface area contributed by atoms with E-state index in [1.54, 1.807) is 0 Å². The highest BCUT2D eigenvalue weighted by Gasteiger charge is 2.34. The van der Waals surface area contributed by atoms with Crippen LogP contribution in [0.15, 0.2) is 29.3 Å². The highest BCUT2D eigenvalue weighted by Crippen LogP contribution is 2.32. The normalized spacial score (nSPS) is 12.0. The molecule has 0 aliphatic rings. The first-order valence-corrected chi connectivity index (χ1v) is 5.10. The van der Waals surface area contributed by atoms with Gasteiger partial charge in [-0.2, -0.15) is 13.2 Å². The molecule has 0 aromatic carbocycles. The van der Waals surface area contributed by atoms with E-state index in [9.17, 15) is 18.0 Å². The summed E-state index contributed by atoms with van der Waals surface area (Å²) in [4.78, 5) is 15.0. The van der Waals surface area contributed by atoms with E-state index in [0.717, 1.165) is 22.7 Å². The second-order valence-electron chi connectivity index (χ2n) is 3.37. The third-order valence-corrected chi connectivity index (χ3v) is 2.51. The summed E-state index contributed by atoms with van der Waals surface area (Å²) in [6.45, 7) is 0. The fourth-order valence-electron chi connectivity index (χ4n) is 1.48. The molecule has 2 rings (SSSR count). The summed E-state index contributed by atoms with van der Waals surface area (Å²) >= 11 is 5.50. The first-order chi connectivity index (χ1) is 7.93. The smallest absolute Gasteiger partial charge is 0.269 e. The Hall–Kier alpha value is -1.56. The van der Waals surface area contributed by atoms with Crippen LogP contribution in [0, 0.1) is 0 Å². The molecule has 0 aliphatic heterocycles. The van der Waals surface area contributed by atoms with E-state index in [-0.39, 0.29) is 11.4 Å². The van der Waals surface area contributed by atoms with Crippen LogP contribution in [-0.2, 0) is 12.1 Å². The fraction of sp³-hybridized carbons (Fsp3) is 0.200. The molecule has 0 atom stereocenters. The van der Waals surface area contributed by atoms with Gasteiger partial charge in [-0.15, -0.1) is 11.6 Å². The molecule has 0 spiro atoms. The second-order valence-corrected chi connectivity index (χ2v) is 3.64. The molecule has 0 fully saturated rings. The molecule has 2 aromatic heterocycles. The minimum atomic E-state index is -4.58. The maximum atomic E-state index is 12.8. The molecule has 0 bridgehead atoms. The van der Waals surface area contributed by atoms with Crippen LogP contribution in [0.2, 0.25) is 0 Å². The lowest BCUT2D eigenvalue weighted by Gasteiger charge is -2.11. The molecular formula is C10H6ClF3N2O. The van der Waals surface area contributed by atoms with Crippen LogP contribution in [0.3, 0.4) is 0 Å². The summed E-state index contributed by atoms with van der Waals surface area (Å²) in [5.74, 6) is -0.111. The van der Waals surface area contributed by atoms with E-state index in [4.69, 9.17) is 11.6 Å². The van der Waals surface area contributed by atoms with Crippen LogP contribution >= 0.6 is 11.6 Å². The summed E-state index contributed by atoms with van der Waals surface area (Å²) in [7, 11) is 0. The number of hydrogen-bond donors (Lipinski definition) is 0. The maximum absolute atomic E-state index is 12.8. The summed E-state index contributed by atoms with van der Waals surface area (Å²) in [5, 5.41) is 0. The van der Waals surface area contributed by atoms with Gasteiger partial charge in [0.2, 0.25) is 0 Å².